The maximum Gasteiger partial charge on any atom is 0.200 e. The summed E-state index contributed by atoms with van der Waals surface area (Å²) in [6.07, 6.45) is 10.4. The zero-order chi connectivity index (χ0) is 29.0. The van der Waals surface area contributed by atoms with Crippen LogP contribution < -0.4 is 9.47 Å². The molecule has 3 aliphatic heterocycles. The highest BCUT2D eigenvalue weighted by molar-refractivity contribution is 6.19. The van der Waals surface area contributed by atoms with Crippen LogP contribution >= 0.6 is 0 Å². The van der Waals surface area contributed by atoms with Crippen LogP contribution in [0.3, 0.4) is 0 Å². The van der Waals surface area contributed by atoms with Gasteiger partial charge in [-0.1, -0.05) is 29.4 Å². The molecule has 7 rings (SSSR count). The Morgan fingerprint density at radius 2 is 1.80 bits per heavy atom. The Hall–Kier alpha value is -3.16. The average molecular weight is 547 g/mol. The van der Waals surface area contributed by atoms with Gasteiger partial charge in [-0.25, -0.2) is 0 Å². The van der Waals surface area contributed by atoms with Crippen LogP contribution in [0.4, 0.5) is 0 Å². The van der Waals surface area contributed by atoms with Crippen LogP contribution in [0.5, 0.6) is 17.2 Å². The Morgan fingerprint density at radius 3 is 2.48 bits per heavy atom. The predicted molar refractivity (Wildman–Crippen MR) is 151 cm³/mol. The number of aliphatic hydroxyl groups excluding tert-OH is 1. The maximum absolute atomic E-state index is 14.5. The molecule has 1 saturated carbocycles. The van der Waals surface area contributed by atoms with Crippen LogP contribution in [0, 0.1) is 11.8 Å². The van der Waals surface area contributed by atoms with Crippen LogP contribution in [-0.4, -0.2) is 50.8 Å². The SMILES string of the molecule is CC(C)=CCc1c2c(c(O)c3c1O[C@]14C(=CC5CC1C(C)(C)O[C@]4(C/C=C(\C)CO)C5=O)C3=O)C=CC(C)(C)O2. The minimum atomic E-state index is -1.45. The average Bonchev–Trinajstić information content (AvgIpc) is 3.03. The zero-order valence-electron chi connectivity index (χ0n) is 24.3. The van der Waals surface area contributed by atoms with Crippen molar-refractivity contribution in [2.75, 3.05) is 6.61 Å². The summed E-state index contributed by atoms with van der Waals surface area (Å²) in [5, 5.41) is 21.3. The van der Waals surface area contributed by atoms with Crippen LogP contribution in [0.25, 0.3) is 6.08 Å². The van der Waals surface area contributed by atoms with Gasteiger partial charge in [0.05, 0.1) is 17.8 Å². The molecule has 2 N–H and O–H groups in total. The molecule has 1 saturated heterocycles. The second kappa shape index (κ2) is 8.43. The highest BCUT2D eigenvalue weighted by atomic mass is 16.6. The summed E-state index contributed by atoms with van der Waals surface area (Å²) in [4.78, 5) is 28.7. The molecule has 40 heavy (non-hydrogen) atoms. The smallest absolute Gasteiger partial charge is 0.200 e. The van der Waals surface area contributed by atoms with Crippen molar-refractivity contribution in [3.05, 3.63) is 57.7 Å². The quantitative estimate of drug-likeness (QED) is 0.476. The molecule has 7 heteroatoms. The number of hydrogen-bond donors (Lipinski definition) is 2. The largest absolute Gasteiger partial charge is 0.506 e. The number of Topliss-reactive ketones (excluding diaryl/α,β-unsaturated/α-hetero) is 2. The van der Waals surface area contributed by atoms with E-state index >= 15 is 0 Å². The van der Waals surface area contributed by atoms with Gasteiger partial charge in [-0.3, -0.25) is 9.59 Å². The summed E-state index contributed by atoms with van der Waals surface area (Å²) in [6, 6.07) is 0. The molecule has 0 aromatic heterocycles. The van der Waals surface area contributed by atoms with E-state index in [1.165, 1.54) is 0 Å². The van der Waals surface area contributed by atoms with Crippen molar-refractivity contribution in [3.63, 3.8) is 0 Å². The van der Waals surface area contributed by atoms with E-state index in [9.17, 15) is 19.8 Å². The van der Waals surface area contributed by atoms with Gasteiger partial charge in [-0.05, 0) is 73.5 Å². The molecule has 1 spiro atoms. The van der Waals surface area contributed by atoms with Crippen LogP contribution in [0.2, 0.25) is 0 Å². The second-order valence-electron chi connectivity index (χ2n) is 13.2. The highest BCUT2D eigenvalue weighted by Gasteiger charge is 2.81. The monoisotopic (exact) mass is 546 g/mol. The van der Waals surface area contributed by atoms with Crippen molar-refractivity contribution in [2.24, 2.45) is 11.8 Å². The standard InChI is InChI=1S/C33H38O7/c1-17(2)8-9-21-27-20(11-12-30(4,5)38-27)25(35)24-26(36)22-14-19-15-23-31(6,7)40-32(29(19)37,13-10-18(3)16-34)33(22,23)39-28(21)24/h8,10-12,14,19,23,34-35H,9,13,15-16H2,1-7H3/b18-10+/t19?,23?,32-,33-/m1/s1. The minimum absolute atomic E-state index is 0.107. The number of fused-ring (bicyclic) bond motifs is 2. The normalized spacial score (nSPS) is 32.0. The fraction of sp³-hybridized carbons (Fsp3) is 0.515. The number of benzene rings is 1. The van der Waals surface area contributed by atoms with Gasteiger partial charge < -0.3 is 24.4 Å². The van der Waals surface area contributed by atoms with E-state index in [-0.39, 0.29) is 47.6 Å². The number of phenols is 1. The molecule has 0 amide bonds. The number of carbonyl (C=O) groups excluding carboxylic acids is 2. The first kappa shape index (κ1) is 27.0. The summed E-state index contributed by atoms with van der Waals surface area (Å²) in [7, 11) is 0. The van der Waals surface area contributed by atoms with Gasteiger partial charge in [0, 0.05) is 29.4 Å². The van der Waals surface area contributed by atoms with E-state index in [4.69, 9.17) is 14.2 Å². The lowest BCUT2D eigenvalue weighted by Crippen LogP contribution is -2.72. The number of allylic oxidation sites excluding steroid dienone is 3. The summed E-state index contributed by atoms with van der Waals surface area (Å²) in [5.41, 5.74) is -0.823. The van der Waals surface area contributed by atoms with Crippen molar-refractivity contribution in [1.82, 2.24) is 0 Å². The van der Waals surface area contributed by atoms with Gasteiger partial charge in [0.25, 0.3) is 0 Å². The number of ketones is 2. The van der Waals surface area contributed by atoms with Crippen molar-refractivity contribution < 1.29 is 34.0 Å². The molecule has 0 radical (unpaired) electrons. The van der Waals surface area contributed by atoms with E-state index < -0.39 is 28.3 Å². The third-order valence-corrected chi connectivity index (χ3v) is 9.32. The number of phenolic OH excluding ortho intramolecular Hbond substituents is 1. The Morgan fingerprint density at radius 1 is 1.07 bits per heavy atom. The third kappa shape index (κ3) is 3.37. The van der Waals surface area contributed by atoms with Crippen LogP contribution in [-0.2, 0) is 16.0 Å². The summed E-state index contributed by atoms with van der Waals surface area (Å²) >= 11 is 0. The van der Waals surface area contributed by atoms with Gasteiger partial charge in [-0.2, -0.15) is 0 Å². The Bertz CT molecular complexity index is 1480. The van der Waals surface area contributed by atoms with E-state index in [1.54, 1.807) is 13.0 Å². The zero-order valence-corrected chi connectivity index (χ0v) is 24.3. The van der Waals surface area contributed by atoms with E-state index in [0.29, 0.717) is 40.9 Å². The molecule has 7 nitrogen and oxygen atoms in total. The first-order chi connectivity index (χ1) is 18.7. The lowest BCUT2D eigenvalue weighted by Gasteiger charge is -2.56. The molecule has 212 valence electrons. The lowest BCUT2D eigenvalue weighted by molar-refractivity contribution is -0.171. The topological polar surface area (TPSA) is 102 Å². The third-order valence-electron chi connectivity index (χ3n) is 9.32. The lowest BCUT2D eigenvalue weighted by atomic mass is 9.51. The van der Waals surface area contributed by atoms with E-state index in [1.807, 2.05) is 65.8 Å². The van der Waals surface area contributed by atoms with Gasteiger partial charge >= 0.3 is 0 Å². The van der Waals surface area contributed by atoms with Crippen molar-refractivity contribution in [1.29, 1.82) is 0 Å². The van der Waals surface area contributed by atoms with Crippen molar-refractivity contribution in [2.45, 2.75) is 90.1 Å². The van der Waals surface area contributed by atoms with Crippen molar-refractivity contribution >= 4 is 17.6 Å². The number of aromatic hydroxyl groups is 1. The number of hydrogen-bond acceptors (Lipinski definition) is 7. The summed E-state index contributed by atoms with van der Waals surface area (Å²) in [5.74, 6) is -0.661. The van der Waals surface area contributed by atoms with Crippen LogP contribution in [0.1, 0.15) is 82.8 Å². The number of carbonyl (C=O) groups is 2. The summed E-state index contributed by atoms with van der Waals surface area (Å²) < 4.78 is 20.2. The molecule has 4 atom stereocenters. The van der Waals surface area contributed by atoms with E-state index in [0.717, 1.165) is 5.57 Å². The summed E-state index contributed by atoms with van der Waals surface area (Å²) in [6.45, 7) is 13.4. The molecule has 2 fully saturated rings. The van der Waals surface area contributed by atoms with Crippen LogP contribution in [0.15, 0.2) is 41.0 Å². The maximum atomic E-state index is 14.5. The van der Waals surface area contributed by atoms with Gasteiger partial charge in [0.2, 0.25) is 0 Å². The molecular formula is C33H38O7. The molecule has 4 bridgehead atoms. The van der Waals surface area contributed by atoms with Gasteiger partial charge in [0.15, 0.2) is 22.8 Å². The fourth-order valence-electron chi connectivity index (χ4n) is 7.44. The fourth-order valence-corrected chi connectivity index (χ4v) is 7.44. The Labute approximate surface area is 235 Å². The first-order valence-corrected chi connectivity index (χ1v) is 14.1. The molecule has 2 unspecified atom stereocenters. The Kier molecular flexibility index (Phi) is 5.70. The number of aliphatic hydroxyl groups is 1. The Balaban J connectivity index is 1.66. The number of ether oxygens (including phenoxy) is 3. The van der Waals surface area contributed by atoms with Gasteiger partial charge in [-0.15, -0.1) is 0 Å². The van der Waals surface area contributed by atoms with E-state index in [2.05, 4.69) is 0 Å². The molecule has 1 aromatic rings. The number of rotatable bonds is 5. The first-order valence-electron chi connectivity index (χ1n) is 14.1. The molecular weight excluding hydrogens is 508 g/mol. The molecule has 3 heterocycles. The highest BCUT2D eigenvalue weighted by Crippen LogP contribution is 2.68. The minimum Gasteiger partial charge on any atom is -0.506 e. The molecule has 6 aliphatic rings. The predicted octanol–water partition coefficient (Wildman–Crippen LogP) is 5.42. The second-order valence-corrected chi connectivity index (χ2v) is 13.2. The molecule has 3 aliphatic carbocycles. The van der Waals surface area contributed by atoms with Gasteiger partial charge in [0.1, 0.15) is 28.4 Å². The molecule has 1 aromatic carbocycles. The van der Waals surface area contributed by atoms with Crippen molar-refractivity contribution in [3.8, 4) is 17.2 Å².